The number of anilines is 1. The van der Waals surface area contributed by atoms with Crippen molar-refractivity contribution in [2.75, 3.05) is 4.90 Å². The molecule has 4 nitrogen and oxygen atoms in total. The highest BCUT2D eigenvalue weighted by molar-refractivity contribution is 6.04. The zero-order valence-electron chi connectivity index (χ0n) is 13.2. The van der Waals surface area contributed by atoms with Gasteiger partial charge in [-0.3, -0.25) is 4.79 Å². The molecule has 0 bridgehead atoms. The van der Waals surface area contributed by atoms with E-state index in [9.17, 15) is 4.79 Å². The van der Waals surface area contributed by atoms with Crippen LogP contribution in [0.2, 0.25) is 0 Å². The van der Waals surface area contributed by atoms with Gasteiger partial charge in [-0.1, -0.05) is 53.2 Å². The van der Waals surface area contributed by atoms with Crippen LogP contribution < -0.4 is 4.90 Å². The fourth-order valence-electron chi connectivity index (χ4n) is 2.38. The van der Waals surface area contributed by atoms with Crippen molar-refractivity contribution in [1.82, 2.24) is 5.16 Å². The molecule has 116 valence electrons. The van der Waals surface area contributed by atoms with Gasteiger partial charge in [-0.25, -0.2) is 0 Å². The maximum Gasteiger partial charge on any atom is 0.280 e. The van der Waals surface area contributed by atoms with Gasteiger partial charge in [-0.2, -0.15) is 0 Å². The number of amides is 1. The number of carbonyl (C=O) groups excluding carboxylic acids is 1. The molecule has 0 saturated carbocycles. The lowest BCUT2D eigenvalue weighted by atomic mass is 10.1. The maximum absolute atomic E-state index is 12.9. The number of benzene rings is 2. The maximum atomic E-state index is 12.9. The number of aromatic nitrogens is 1. The zero-order chi connectivity index (χ0) is 16.2. The van der Waals surface area contributed by atoms with Gasteiger partial charge in [-0.15, -0.1) is 0 Å². The Kier molecular flexibility index (Phi) is 4.24. The predicted molar refractivity (Wildman–Crippen MR) is 89.4 cm³/mol. The summed E-state index contributed by atoms with van der Waals surface area (Å²) >= 11 is 0. The molecule has 0 saturated heterocycles. The van der Waals surface area contributed by atoms with E-state index < -0.39 is 0 Å². The lowest BCUT2D eigenvalue weighted by Gasteiger charge is -2.22. The van der Waals surface area contributed by atoms with E-state index in [1.54, 1.807) is 17.9 Å². The first-order valence-corrected chi connectivity index (χ1v) is 7.49. The van der Waals surface area contributed by atoms with Crippen molar-refractivity contribution in [1.29, 1.82) is 0 Å². The van der Waals surface area contributed by atoms with Gasteiger partial charge in [-0.05, 0) is 31.5 Å². The van der Waals surface area contributed by atoms with E-state index in [2.05, 4.69) is 5.16 Å². The topological polar surface area (TPSA) is 46.3 Å². The van der Waals surface area contributed by atoms with Crippen LogP contribution in [0.3, 0.4) is 0 Å². The molecule has 0 aliphatic carbocycles. The number of hydrogen-bond acceptors (Lipinski definition) is 3. The van der Waals surface area contributed by atoms with E-state index >= 15 is 0 Å². The van der Waals surface area contributed by atoms with Crippen molar-refractivity contribution < 1.29 is 9.32 Å². The van der Waals surface area contributed by atoms with Crippen LogP contribution in [0.4, 0.5) is 5.69 Å². The average molecular weight is 306 g/mol. The molecule has 0 unspecified atom stereocenters. The molecule has 0 radical (unpaired) electrons. The lowest BCUT2D eigenvalue weighted by molar-refractivity contribution is 0.0976. The summed E-state index contributed by atoms with van der Waals surface area (Å²) in [6.07, 6.45) is 0. The largest absolute Gasteiger partial charge is 0.361 e. The molecular formula is C19H18N2O2. The fourth-order valence-corrected chi connectivity index (χ4v) is 2.38. The summed E-state index contributed by atoms with van der Waals surface area (Å²) < 4.78 is 5.04. The molecule has 0 aliphatic rings. The van der Waals surface area contributed by atoms with Crippen LogP contribution in [0.15, 0.2) is 65.2 Å². The minimum Gasteiger partial charge on any atom is -0.361 e. The Morgan fingerprint density at radius 1 is 1.04 bits per heavy atom. The van der Waals surface area contributed by atoms with Crippen LogP contribution >= 0.6 is 0 Å². The monoisotopic (exact) mass is 306 g/mol. The van der Waals surface area contributed by atoms with Gasteiger partial charge >= 0.3 is 0 Å². The quantitative estimate of drug-likeness (QED) is 0.728. The van der Waals surface area contributed by atoms with Gasteiger partial charge < -0.3 is 9.42 Å². The number of rotatable bonds is 4. The minimum atomic E-state index is -0.172. The summed E-state index contributed by atoms with van der Waals surface area (Å²) in [5, 5.41) is 3.86. The summed E-state index contributed by atoms with van der Waals surface area (Å²) in [7, 11) is 0. The van der Waals surface area contributed by atoms with E-state index in [4.69, 9.17) is 4.52 Å². The second-order valence-corrected chi connectivity index (χ2v) is 5.54. The van der Waals surface area contributed by atoms with Crippen LogP contribution in [0, 0.1) is 13.8 Å². The molecular weight excluding hydrogens is 288 g/mol. The molecule has 2 aromatic carbocycles. The normalized spacial score (nSPS) is 10.5. The Labute approximate surface area is 135 Å². The summed E-state index contributed by atoms with van der Waals surface area (Å²) in [4.78, 5) is 14.6. The molecule has 3 aromatic rings. The third-order valence-electron chi connectivity index (χ3n) is 3.62. The first-order valence-electron chi connectivity index (χ1n) is 7.49. The van der Waals surface area contributed by atoms with Gasteiger partial charge in [0.15, 0.2) is 5.69 Å². The van der Waals surface area contributed by atoms with Crippen molar-refractivity contribution in [3.05, 3.63) is 83.2 Å². The van der Waals surface area contributed by atoms with E-state index in [0.717, 1.165) is 16.8 Å². The summed E-state index contributed by atoms with van der Waals surface area (Å²) in [5.41, 5.74) is 3.36. The molecule has 0 atom stereocenters. The lowest BCUT2D eigenvalue weighted by Crippen LogP contribution is -2.30. The van der Waals surface area contributed by atoms with Gasteiger partial charge in [0.1, 0.15) is 5.76 Å². The van der Waals surface area contributed by atoms with Gasteiger partial charge in [0.05, 0.1) is 6.54 Å². The molecule has 0 fully saturated rings. The van der Waals surface area contributed by atoms with Crippen LogP contribution in [-0.4, -0.2) is 11.1 Å². The van der Waals surface area contributed by atoms with E-state index in [1.165, 1.54) is 0 Å². The summed E-state index contributed by atoms with van der Waals surface area (Å²) in [5.74, 6) is 0.450. The molecule has 4 heteroatoms. The highest BCUT2D eigenvalue weighted by Crippen LogP contribution is 2.21. The first kappa shape index (κ1) is 15.0. The van der Waals surface area contributed by atoms with Crippen LogP contribution in [0.1, 0.15) is 27.4 Å². The number of aryl methyl sites for hydroxylation is 2. The Hall–Kier alpha value is -2.88. The van der Waals surface area contributed by atoms with E-state index in [-0.39, 0.29) is 5.91 Å². The molecule has 1 heterocycles. The Morgan fingerprint density at radius 3 is 2.35 bits per heavy atom. The minimum absolute atomic E-state index is 0.172. The zero-order valence-corrected chi connectivity index (χ0v) is 13.2. The SMILES string of the molecule is Cc1ccc(N(Cc2ccccc2)C(=O)c2cc(C)on2)cc1. The number of hydrogen-bond donors (Lipinski definition) is 0. The van der Waals surface area contributed by atoms with Crippen LogP contribution in [-0.2, 0) is 6.54 Å². The van der Waals surface area contributed by atoms with Crippen molar-refractivity contribution in [2.45, 2.75) is 20.4 Å². The van der Waals surface area contributed by atoms with Gasteiger partial charge in [0.2, 0.25) is 0 Å². The van der Waals surface area contributed by atoms with Crippen molar-refractivity contribution >= 4 is 11.6 Å². The smallest absolute Gasteiger partial charge is 0.280 e. The molecule has 0 N–H and O–H groups in total. The second kappa shape index (κ2) is 6.48. The molecule has 3 rings (SSSR count). The molecule has 1 aromatic heterocycles. The van der Waals surface area contributed by atoms with Crippen LogP contribution in [0.25, 0.3) is 0 Å². The van der Waals surface area contributed by atoms with E-state index in [1.807, 2.05) is 61.5 Å². The highest BCUT2D eigenvalue weighted by atomic mass is 16.5. The van der Waals surface area contributed by atoms with E-state index in [0.29, 0.717) is 18.0 Å². The molecule has 1 amide bonds. The number of carbonyl (C=O) groups is 1. The Bertz CT molecular complexity index is 792. The second-order valence-electron chi connectivity index (χ2n) is 5.54. The predicted octanol–water partition coefficient (Wildman–Crippen LogP) is 4.14. The van der Waals surface area contributed by atoms with Gasteiger partial charge in [0, 0.05) is 11.8 Å². The van der Waals surface area contributed by atoms with Crippen molar-refractivity contribution in [3.63, 3.8) is 0 Å². The molecule has 23 heavy (non-hydrogen) atoms. The molecule has 0 spiro atoms. The standard InChI is InChI=1S/C19H18N2O2/c1-14-8-10-17(11-9-14)21(13-16-6-4-3-5-7-16)19(22)18-12-15(2)23-20-18/h3-12H,13H2,1-2H3. The van der Waals surface area contributed by atoms with Crippen molar-refractivity contribution in [2.24, 2.45) is 0 Å². The fraction of sp³-hybridized carbons (Fsp3) is 0.158. The van der Waals surface area contributed by atoms with Crippen LogP contribution in [0.5, 0.6) is 0 Å². The third kappa shape index (κ3) is 3.48. The summed E-state index contributed by atoms with van der Waals surface area (Å²) in [6, 6.07) is 19.4. The van der Waals surface area contributed by atoms with Gasteiger partial charge in [0.25, 0.3) is 5.91 Å². The third-order valence-corrected chi connectivity index (χ3v) is 3.62. The average Bonchev–Trinajstić information content (AvgIpc) is 3.00. The molecule has 0 aliphatic heterocycles. The Balaban J connectivity index is 1.95. The number of nitrogens with zero attached hydrogens (tertiary/aromatic N) is 2. The highest BCUT2D eigenvalue weighted by Gasteiger charge is 2.21. The first-order chi connectivity index (χ1) is 11.1. The Morgan fingerprint density at radius 2 is 1.74 bits per heavy atom. The summed E-state index contributed by atoms with van der Waals surface area (Å²) in [6.45, 7) is 4.28. The van der Waals surface area contributed by atoms with Crippen molar-refractivity contribution in [3.8, 4) is 0 Å².